The molecule has 0 fully saturated rings. The molecular formula is C80H151NO8. The summed E-state index contributed by atoms with van der Waals surface area (Å²) in [4.78, 5) is 37.5. The van der Waals surface area contributed by atoms with Crippen LogP contribution < -0.4 is 5.11 Å². The van der Waals surface area contributed by atoms with Gasteiger partial charge < -0.3 is 33.3 Å². The van der Waals surface area contributed by atoms with E-state index in [0.717, 1.165) is 44.9 Å². The van der Waals surface area contributed by atoms with Crippen LogP contribution >= 0.6 is 0 Å². The minimum absolute atomic E-state index is 0.150. The first-order valence-corrected chi connectivity index (χ1v) is 39.1. The molecular weight excluding hydrogens is 1100 g/mol. The lowest BCUT2D eigenvalue weighted by Crippen LogP contribution is -2.44. The number of nitrogens with zero attached hydrogens (tertiary/aromatic N) is 1. The van der Waals surface area contributed by atoms with E-state index in [-0.39, 0.29) is 32.2 Å². The molecule has 0 saturated carbocycles. The van der Waals surface area contributed by atoms with Gasteiger partial charge in [-0.2, -0.15) is 0 Å². The van der Waals surface area contributed by atoms with Gasteiger partial charge in [-0.1, -0.05) is 352 Å². The zero-order chi connectivity index (χ0) is 64.7. The zero-order valence-electron chi connectivity index (χ0n) is 60.1. The number of carboxylic acid groups (broad SMARTS) is 1. The van der Waals surface area contributed by atoms with E-state index in [1.54, 1.807) is 0 Å². The van der Waals surface area contributed by atoms with Crippen molar-refractivity contribution in [2.75, 3.05) is 47.5 Å². The molecule has 0 spiro atoms. The van der Waals surface area contributed by atoms with Crippen LogP contribution in [0.25, 0.3) is 0 Å². The van der Waals surface area contributed by atoms with Crippen molar-refractivity contribution in [3.05, 3.63) is 36.5 Å². The minimum atomic E-state index is -1.62. The fourth-order valence-corrected chi connectivity index (χ4v) is 11.9. The lowest BCUT2D eigenvalue weighted by molar-refractivity contribution is -0.870. The Morgan fingerprint density at radius 1 is 0.337 bits per heavy atom. The number of ether oxygens (including phenoxy) is 4. The van der Waals surface area contributed by atoms with Gasteiger partial charge in [-0.15, -0.1) is 0 Å². The van der Waals surface area contributed by atoms with Gasteiger partial charge in [0.15, 0.2) is 12.4 Å². The average Bonchev–Trinajstić information content (AvgIpc) is 3.64. The molecule has 0 aromatic heterocycles. The van der Waals surface area contributed by atoms with Crippen LogP contribution in [0, 0.1) is 0 Å². The first kappa shape index (κ1) is 86.5. The molecule has 0 bridgehead atoms. The maximum atomic E-state index is 12.9. The van der Waals surface area contributed by atoms with Crippen LogP contribution in [0.3, 0.4) is 0 Å². The van der Waals surface area contributed by atoms with Crippen molar-refractivity contribution in [1.29, 1.82) is 0 Å². The summed E-state index contributed by atoms with van der Waals surface area (Å²) >= 11 is 0. The minimum Gasteiger partial charge on any atom is -0.545 e. The maximum Gasteiger partial charge on any atom is 0.306 e. The Morgan fingerprint density at radius 2 is 0.607 bits per heavy atom. The van der Waals surface area contributed by atoms with E-state index in [1.807, 2.05) is 21.1 Å². The van der Waals surface area contributed by atoms with Crippen molar-refractivity contribution in [2.45, 2.75) is 411 Å². The molecule has 0 amide bonds. The van der Waals surface area contributed by atoms with Crippen molar-refractivity contribution >= 4 is 17.9 Å². The summed E-state index contributed by atoms with van der Waals surface area (Å²) in [6, 6.07) is 0. The molecule has 0 aromatic rings. The number of esters is 2. The van der Waals surface area contributed by atoms with Gasteiger partial charge in [0.1, 0.15) is 13.2 Å². The van der Waals surface area contributed by atoms with Crippen molar-refractivity contribution in [3.8, 4) is 0 Å². The lowest BCUT2D eigenvalue weighted by Gasteiger charge is -2.26. The van der Waals surface area contributed by atoms with Gasteiger partial charge in [-0.25, -0.2) is 0 Å². The standard InChI is InChI=1S/C80H151NO8/c1-6-8-10-12-14-16-18-20-22-24-26-28-30-31-32-33-34-35-36-37-38-39-40-41-42-43-44-45-46-47-49-50-52-54-56-58-60-62-64-66-68-70-77(82)87-74-76(75-88-80(79(84)85)86-73-72-81(3,4)5)89-78(83)71-69-67-65-63-61-59-57-55-53-51-48-29-27-25-23-21-19-17-15-13-11-9-7-2/h19,21,24-27,76,80H,6-18,20,22-23,28-75H2,1-5H3/b21-19-,26-24-,27-25-. The summed E-state index contributed by atoms with van der Waals surface area (Å²) in [6.45, 7) is 4.80. The Balaban J connectivity index is 3.92. The summed E-state index contributed by atoms with van der Waals surface area (Å²) in [5.41, 5.74) is 0. The highest BCUT2D eigenvalue weighted by molar-refractivity contribution is 5.70. The number of hydrogen-bond donors (Lipinski definition) is 0. The number of unbranched alkanes of at least 4 members (excludes halogenated alkanes) is 53. The number of quaternary nitrogens is 1. The van der Waals surface area contributed by atoms with Gasteiger partial charge in [0, 0.05) is 12.8 Å². The Hall–Kier alpha value is -2.49. The Labute approximate surface area is 553 Å². The molecule has 0 radical (unpaired) electrons. The Bertz CT molecular complexity index is 1550. The van der Waals surface area contributed by atoms with E-state index < -0.39 is 24.3 Å². The van der Waals surface area contributed by atoms with Gasteiger partial charge in [-0.3, -0.25) is 9.59 Å². The van der Waals surface area contributed by atoms with Crippen molar-refractivity contribution in [3.63, 3.8) is 0 Å². The van der Waals surface area contributed by atoms with E-state index in [4.69, 9.17) is 18.9 Å². The van der Waals surface area contributed by atoms with Crippen molar-refractivity contribution < 1.29 is 42.9 Å². The zero-order valence-corrected chi connectivity index (χ0v) is 60.1. The predicted molar refractivity (Wildman–Crippen MR) is 380 cm³/mol. The van der Waals surface area contributed by atoms with Gasteiger partial charge in [0.2, 0.25) is 0 Å². The van der Waals surface area contributed by atoms with E-state index >= 15 is 0 Å². The number of hydrogen-bond acceptors (Lipinski definition) is 8. The fraction of sp³-hybridized carbons (Fsp3) is 0.887. The third-order valence-electron chi connectivity index (χ3n) is 17.9. The molecule has 0 aliphatic carbocycles. The van der Waals surface area contributed by atoms with Crippen molar-refractivity contribution in [2.24, 2.45) is 0 Å². The third-order valence-corrected chi connectivity index (χ3v) is 17.9. The Morgan fingerprint density at radius 3 is 0.899 bits per heavy atom. The molecule has 0 rings (SSSR count). The van der Waals surface area contributed by atoms with Gasteiger partial charge in [0.05, 0.1) is 40.3 Å². The average molecular weight is 1260 g/mol. The number of carbonyl (C=O) groups excluding carboxylic acids is 3. The molecule has 9 nitrogen and oxygen atoms in total. The molecule has 0 N–H and O–H groups in total. The van der Waals surface area contributed by atoms with Gasteiger partial charge in [0.25, 0.3) is 0 Å². The second-order valence-electron chi connectivity index (χ2n) is 28.0. The summed E-state index contributed by atoms with van der Waals surface area (Å²) < 4.78 is 22.8. The summed E-state index contributed by atoms with van der Waals surface area (Å²) in [5, 5.41) is 11.8. The third kappa shape index (κ3) is 72.8. The lowest BCUT2D eigenvalue weighted by atomic mass is 10.0. The van der Waals surface area contributed by atoms with Crippen LogP contribution in [0.4, 0.5) is 0 Å². The monoisotopic (exact) mass is 1250 g/mol. The van der Waals surface area contributed by atoms with Crippen LogP contribution in [-0.2, 0) is 33.3 Å². The van der Waals surface area contributed by atoms with E-state index in [1.165, 1.54) is 321 Å². The SMILES string of the molecule is CCCCCCC/C=C\C/C=C\CCCCCCCCCCCCCC(=O)OC(COC(=O)CCCCCCCCCCCCCCCCCCCCCCCCCCCCCCC/C=C\CCCCCCCCCC)COC(OCC[N+](C)(C)C)C(=O)[O-]. The predicted octanol–water partition coefficient (Wildman–Crippen LogP) is 23.4. The van der Waals surface area contributed by atoms with E-state index in [2.05, 4.69) is 50.3 Å². The van der Waals surface area contributed by atoms with E-state index in [0.29, 0.717) is 23.9 Å². The summed E-state index contributed by atoms with van der Waals surface area (Å²) in [7, 11) is 5.94. The highest BCUT2D eigenvalue weighted by atomic mass is 16.7. The van der Waals surface area contributed by atoms with Crippen LogP contribution in [0.1, 0.15) is 399 Å². The number of rotatable bonds is 74. The number of likely N-dealkylation sites (N-methyl/N-ethyl adjacent to an activating group) is 1. The number of carboxylic acids is 1. The molecule has 0 aromatic carbocycles. The normalized spacial score (nSPS) is 12.8. The largest absolute Gasteiger partial charge is 0.545 e. The van der Waals surface area contributed by atoms with Crippen LogP contribution in [-0.4, -0.2) is 82.3 Å². The molecule has 0 aliphatic rings. The second-order valence-corrected chi connectivity index (χ2v) is 28.0. The molecule has 0 aliphatic heterocycles. The molecule has 524 valence electrons. The first-order chi connectivity index (χ1) is 43.6. The molecule has 2 atom stereocenters. The highest BCUT2D eigenvalue weighted by Crippen LogP contribution is 2.19. The number of aliphatic carboxylic acids is 1. The number of allylic oxidation sites excluding steroid dienone is 6. The number of carbonyl (C=O) groups is 3. The maximum absolute atomic E-state index is 12.9. The topological polar surface area (TPSA) is 111 Å². The van der Waals surface area contributed by atoms with Crippen LogP contribution in [0.2, 0.25) is 0 Å². The molecule has 0 saturated heterocycles. The second kappa shape index (κ2) is 71.4. The van der Waals surface area contributed by atoms with Crippen molar-refractivity contribution in [1.82, 2.24) is 0 Å². The van der Waals surface area contributed by atoms with Gasteiger partial charge >= 0.3 is 11.9 Å². The Kier molecular flexibility index (Phi) is 69.4. The van der Waals surface area contributed by atoms with Gasteiger partial charge in [-0.05, 0) is 70.6 Å². The van der Waals surface area contributed by atoms with E-state index in [9.17, 15) is 19.5 Å². The summed E-state index contributed by atoms with van der Waals surface area (Å²) in [6.07, 6.45) is 88.5. The first-order valence-electron chi connectivity index (χ1n) is 39.1. The van der Waals surface area contributed by atoms with Crippen LogP contribution in [0.15, 0.2) is 36.5 Å². The fourth-order valence-electron chi connectivity index (χ4n) is 11.9. The van der Waals surface area contributed by atoms with Crippen LogP contribution in [0.5, 0.6) is 0 Å². The molecule has 9 heteroatoms. The highest BCUT2D eigenvalue weighted by Gasteiger charge is 2.22. The smallest absolute Gasteiger partial charge is 0.306 e. The molecule has 89 heavy (non-hydrogen) atoms. The molecule has 2 unspecified atom stereocenters. The quantitative estimate of drug-likeness (QED) is 0.0195. The summed E-state index contributed by atoms with van der Waals surface area (Å²) in [5.74, 6) is -2.26. The molecule has 0 heterocycles.